The highest BCUT2D eigenvalue weighted by molar-refractivity contribution is 7.15. The van der Waals surface area contributed by atoms with Crippen LogP contribution in [0.4, 0.5) is 5.13 Å². The molecule has 0 spiro atoms. The number of hydrogen-bond donors (Lipinski definition) is 1. The summed E-state index contributed by atoms with van der Waals surface area (Å²) in [5.74, 6) is 1.44. The van der Waals surface area contributed by atoms with Crippen molar-refractivity contribution in [1.82, 2.24) is 4.98 Å². The fourth-order valence-corrected chi connectivity index (χ4v) is 3.55. The third kappa shape index (κ3) is 5.57. The summed E-state index contributed by atoms with van der Waals surface area (Å²) in [6.07, 6.45) is 1.75. The smallest absolute Gasteiger partial charge is 0.203 e. The molecule has 0 aliphatic heterocycles. The van der Waals surface area contributed by atoms with E-state index in [1.807, 2.05) is 39.0 Å². The lowest BCUT2D eigenvalue weighted by Crippen LogP contribution is -2.02. The second-order valence-electron chi connectivity index (χ2n) is 6.89. The van der Waals surface area contributed by atoms with Gasteiger partial charge in [0.15, 0.2) is 11.5 Å². The van der Waals surface area contributed by atoms with E-state index in [-0.39, 0.29) is 0 Å². The van der Waals surface area contributed by atoms with Crippen molar-refractivity contribution in [1.29, 1.82) is 0 Å². The van der Waals surface area contributed by atoms with Crippen LogP contribution in [0.3, 0.4) is 0 Å². The van der Waals surface area contributed by atoms with Gasteiger partial charge in [0, 0.05) is 4.88 Å². The summed E-state index contributed by atoms with van der Waals surface area (Å²) in [5.41, 5.74) is 8.55. The van der Waals surface area contributed by atoms with Crippen molar-refractivity contribution in [3.63, 3.8) is 0 Å². The van der Waals surface area contributed by atoms with Crippen LogP contribution in [0.15, 0.2) is 41.5 Å². The summed E-state index contributed by atoms with van der Waals surface area (Å²) in [5, 5.41) is 5.08. The van der Waals surface area contributed by atoms with Gasteiger partial charge in [-0.3, -0.25) is 5.43 Å². The SMILES string of the molecule is CCOc1cc(/C=N\Nc2nc(C)c(C)s2)ccc1OCc1cc(C)ccc1C. The molecule has 0 amide bonds. The first-order chi connectivity index (χ1) is 14.0. The molecule has 3 rings (SSSR count). The number of anilines is 1. The Hall–Kier alpha value is -2.86. The Labute approximate surface area is 176 Å². The van der Waals surface area contributed by atoms with Crippen LogP contribution in [0.1, 0.15) is 39.7 Å². The third-order valence-electron chi connectivity index (χ3n) is 4.56. The highest BCUT2D eigenvalue weighted by Gasteiger charge is 2.08. The second kappa shape index (κ2) is 9.56. The minimum atomic E-state index is 0.505. The lowest BCUT2D eigenvalue weighted by molar-refractivity contribution is 0.269. The van der Waals surface area contributed by atoms with E-state index in [9.17, 15) is 0 Å². The molecule has 0 radical (unpaired) electrons. The maximum absolute atomic E-state index is 6.06. The summed E-state index contributed by atoms with van der Waals surface area (Å²) < 4.78 is 11.8. The minimum absolute atomic E-state index is 0.505. The quantitative estimate of drug-likeness (QED) is 0.377. The van der Waals surface area contributed by atoms with Crippen LogP contribution in [0, 0.1) is 27.7 Å². The van der Waals surface area contributed by atoms with Crippen LogP contribution < -0.4 is 14.9 Å². The van der Waals surface area contributed by atoms with Crippen LogP contribution in [0.5, 0.6) is 11.5 Å². The number of rotatable bonds is 8. The zero-order valence-electron chi connectivity index (χ0n) is 17.6. The number of thiazole rings is 1. The molecule has 29 heavy (non-hydrogen) atoms. The van der Waals surface area contributed by atoms with Crippen molar-refractivity contribution in [2.24, 2.45) is 5.10 Å². The normalized spacial score (nSPS) is 11.1. The summed E-state index contributed by atoms with van der Waals surface area (Å²) in [6.45, 7) is 11.3. The van der Waals surface area contributed by atoms with Crippen molar-refractivity contribution in [2.75, 3.05) is 12.0 Å². The Balaban J connectivity index is 1.70. The number of aryl methyl sites for hydroxylation is 4. The predicted octanol–water partition coefficient (Wildman–Crippen LogP) is 5.80. The molecule has 0 aliphatic rings. The summed E-state index contributed by atoms with van der Waals surface area (Å²) >= 11 is 1.59. The molecule has 2 aromatic carbocycles. The van der Waals surface area contributed by atoms with E-state index in [0.29, 0.717) is 19.0 Å². The van der Waals surface area contributed by atoms with E-state index >= 15 is 0 Å². The molecule has 3 aromatic rings. The van der Waals surface area contributed by atoms with Gasteiger partial charge in [0.25, 0.3) is 0 Å². The fourth-order valence-electron chi connectivity index (χ4n) is 2.79. The zero-order valence-corrected chi connectivity index (χ0v) is 18.4. The fraction of sp³-hybridized carbons (Fsp3) is 0.304. The van der Waals surface area contributed by atoms with Gasteiger partial charge in [-0.15, -0.1) is 11.3 Å². The van der Waals surface area contributed by atoms with Crippen molar-refractivity contribution in [2.45, 2.75) is 41.2 Å². The van der Waals surface area contributed by atoms with Gasteiger partial charge >= 0.3 is 0 Å². The van der Waals surface area contributed by atoms with Gasteiger partial charge in [0.05, 0.1) is 18.5 Å². The molecule has 152 valence electrons. The summed E-state index contributed by atoms with van der Waals surface area (Å²) in [4.78, 5) is 5.60. The van der Waals surface area contributed by atoms with Crippen LogP contribution >= 0.6 is 11.3 Å². The highest BCUT2D eigenvalue weighted by Crippen LogP contribution is 2.29. The van der Waals surface area contributed by atoms with Gasteiger partial charge in [-0.2, -0.15) is 5.10 Å². The third-order valence-corrected chi connectivity index (χ3v) is 5.54. The molecule has 1 N–H and O–H groups in total. The highest BCUT2D eigenvalue weighted by atomic mass is 32.1. The predicted molar refractivity (Wildman–Crippen MR) is 121 cm³/mol. The standard InChI is InChI=1S/C23H27N3O2S/c1-6-27-22-12-19(13-24-26-23-25-17(4)18(5)29-23)9-10-21(22)28-14-20-11-15(2)7-8-16(20)3/h7-13H,6,14H2,1-5H3,(H,25,26)/b24-13-. The van der Waals surface area contributed by atoms with E-state index in [0.717, 1.165) is 22.1 Å². The average Bonchev–Trinajstić information content (AvgIpc) is 3.01. The van der Waals surface area contributed by atoms with Crippen molar-refractivity contribution < 1.29 is 9.47 Å². The van der Waals surface area contributed by atoms with Gasteiger partial charge in [-0.1, -0.05) is 23.8 Å². The van der Waals surface area contributed by atoms with E-state index in [1.165, 1.54) is 21.6 Å². The Morgan fingerprint density at radius 3 is 2.59 bits per heavy atom. The minimum Gasteiger partial charge on any atom is -0.490 e. The van der Waals surface area contributed by atoms with Crippen molar-refractivity contribution in [3.05, 3.63) is 69.2 Å². The molecule has 0 saturated carbocycles. The molecule has 0 atom stereocenters. The summed E-state index contributed by atoms with van der Waals surface area (Å²) in [7, 11) is 0. The lowest BCUT2D eigenvalue weighted by Gasteiger charge is -2.14. The first kappa shape index (κ1) is 20.9. The second-order valence-corrected chi connectivity index (χ2v) is 8.09. The Morgan fingerprint density at radius 1 is 1.03 bits per heavy atom. The number of ether oxygens (including phenoxy) is 2. The molecular formula is C23H27N3O2S. The molecule has 5 nitrogen and oxygen atoms in total. The average molecular weight is 410 g/mol. The molecule has 0 aliphatic carbocycles. The molecule has 0 saturated heterocycles. The molecule has 1 aromatic heterocycles. The van der Waals surface area contributed by atoms with Gasteiger partial charge in [0.2, 0.25) is 5.13 Å². The lowest BCUT2D eigenvalue weighted by atomic mass is 10.1. The van der Waals surface area contributed by atoms with E-state index < -0.39 is 0 Å². The molecule has 0 bridgehead atoms. The number of nitrogens with zero attached hydrogens (tertiary/aromatic N) is 2. The molecule has 6 heteroatoms. The number of hydrazone groups is 1. The number of nitrogens with one attached hydrogen (secondary N) is 1. The molecule has 0 fully saturated rings. The van der Waals surface area contributed by atoms with Crippen LogP contribution in [0.2, 0.25) is 0 Å². The number of benzene rings is 2. The Bertz CT molecular complexity index is 992. The maximum atomic E-state index is 6.06. The topological polar surface area (TPSA) is 55.7 Å². The molecular weight excluding hydrogens is 382 g/mol. The molecule has 0 unspecified atom stereocenters. The number of hydrogen-bond acceptors (Lipinski definition) is 6. The summed E-state index contributed by atoms with van der Waals surface area (Å²) in [6, 6.07) is 12.2. The first-order valence-electron chi connectivity index (χ1n) is 9.65. The Morgan fingerprint density at radius 2 is 1.86 bits per heavy atom. The largest absolute Gasteiger partial charge is 0.490 e. The van der Waals surface area contributed by atoms with Crippen LogP contribution in [0.25, 0.3) is 0 Å². The Kier molecular flexibility index (Phi) is 6.88. The van der Waals surface area contributed by atoms with Gasteiger partial charge < -0.3 is 9.47 Å². The maximum Gasteiger partial charge on any atom is 0.203 e. The van der Waals surface area contributed by atoms with E-state index in [4.69, 9.17) is 9.47 Å². The zero-order chi connectivity index (χ0) is 20.8. The van der Waals surface area contributed by atoms with Gasteiger partial charge in [-0.25, -0.2) is 4.98 Å². The van der Waals surface area contributed by atoms with Gasteiger partial charge in [-0.05, 0) is 69.5 Å². The van der Waals surface area contributed by atoms with Crippen molar-refractivity contribution in [3.8, 4) is 11.5 Å². The van der Waals surface area contributed by atoms with Crippen molar-refractivity contribution >= 4 is 22.7 Å². The number of aromatic nitrogens is 1. The van der Waals surface area contributed by atoms with Gasteiger partial charge in [0.1, 0.15) is 6.61 Å². The van der Waals surface area contributed by atoms with E-state index in [2.05, 4.69) is 47.6 Å². The van der Waals surface area contributed by atoms with Crippen LogP contribution in [-0.2, 0) is 6.61 Å². The van der Waals surface area contributed by atoms with E-state index in [1.54, 1.807) is 17.6 Å². The monoisotopic (exact) mass is 409 g/mol. The molecule has 1 heterocycles. The van der Waals surface area contributed by atoms with Crippen LogP contribution in [-0.4, -0.2) is 17.8 Å². The first-order valence-corrected chi connectivity index (χ1v) is 10.5.